The van der Waals surface area contributed by atoms with Crippen molar-refractivity contribution in [1.29, 1.82) is 0 Å². The van der Waals surface area contributed by atoms with Crippen LogP contribution in [0, 0.1) is 0 Å². The van der Waals surface area contributed by atoms with Gasteiger partial charge in [0.05, 0.1) is 25.1 Å². The number of ether oxygens (including phenoxy) is 2. The van der Waals surface area contributed by atoms with E-state index < -0.39 is 18.2 Å². The highest BCUT2D eigenvalue weighted by atomic mass is 35.5. The molecule has 3 aromatic carbocycles. The molecule has 1 amide bonds. The Kier molecular flexibility index (Phi) is 9.06. The lowest BCUT2D eigenvalue weighted by Gasteiger charge is -2.27. The minimum Gasteiger partial charge on any atom is -0.497 e. The lowest BCUT2D eigenvalue weighted by atomic mass is 10.0. The molecule has 1 atom stereocenters. The molecule has 0 aromatic heterocycles. The smallest absolute Gasteiger partial charge is 0.497 e. The highest BCUT2D eigenvalue weighted by molar-refractivity contribution is 6.30. The molecular weight excluding hydrogens is 551 g/mol. The van der Waals surface area contributed by atoms with Crippen LogP contribution in [0.4, 0.5) is 24.5 Å². The van der Waals surface area contributed by atoms with Crippen molar-refractivity contribution in [1.82, 2.24) is 0 Å². The molecular formula is C28H27ClF3N3O5. The molecule has 40 heavy (non-hydrogen) atoms. The molecule has 0 spiro atoms. The summed E-state index contributed by atoms with van der Waals surface area (Å²) in [5.41, 5.74) is 3.34. The summed E-state index contributed by atoms with van der Waals surface area (Å²) < 4.78 is 48.1. The average molecular weight is 578 g/mol. The number of carbonyl (C=O) groups excluding carboxylic acids is 1. The summed E-state index contributed by atoms with van der Waals surface area (Å²) in [6, 6.07) is 15.0. The van der Waals surface area contributed by atoms with Crippen LogP contribution < -0.4 is 19.7 Å². The Hall–Kier alpha value is -3.96. The van der Waals surface area contributed by atoms with Gasteiger partial charge in [0.25, 0.3) is 5.91 Å². The second kappa shape index (κ2) is 12.5. The molecule has 2 N–H and O–H groups in total. The molecule has 0 radical (unpaired) electrons. The van der Waals surface area contributed by atoms with E-state index >= 15 is 0 Å². The minimum absolute atomic E-state index is 0.0343. The SMILES string of the molecule is COc1cc(NC(C(=O)N2CCc3ccc(OC(F)(F)F)cc32)c2ccc(Cl)cc2)cc(C(C)=NOCCO)c1. The Morgan fingerprint density at radius 1 is 1.12 bits per heavy atom. The van der Waals surface area contributed by atoms with Gasteiger partial charge in [-0.3, -0.25) is 4.79 Å². The Morgan fingerprint density at radius 2 is 1.88 bits per heavy atom. The maximum absolute atomic E-state index is 14.0. The van der Waals surface area contributed by atoms with Crippen LogP contribution >= 0.6 is 11.6 Å². The van der Waals surface area contributed by atoms with Gasteiger partial charge in [0, 0.05) is 35.0 Å². The van der Waals surface area contributed by atoms with Gasteiger partial charge in [-0.25, -0.2) is 0 Å². The summed E-state index contributed by atoms with van der Waals surface area (Å²) in [6.45, 7) is 1.86. The molecule has 1 heterocycles. The third-order valence-electron chi connectivity index (χ3n) is 6.16. The number of halogens is 4. The highest BCUT2D eigenvalue weighted by Crippen LogP contribution is 2.36. The average Bonchev–Trinajstić information content (AvgIpc) is 3.34. The number of fused-ring (bicyclic) bond motifs is 1. The zero-order chi connectivity index (χ0) is 28.9. The fourth-order valence-electron chi connectivity index (χ4n) is 4.30. The van der Waals surface area contributed by atoms with E-state index in [1.165, 1.54) is 30.2 Å². The molecule has 0 bridgehead atoms. The van der Waals surface area contributed by atoms with Gasteiger partial charge in [-0.1, -0.05) is 35.0 Å². The van der Waals surface area contributed by atoms with E-state index in [4.69, 9.17) is 26.3 Å². The first-order chi connectivity index (χ1) is 19.1. The predicted molar refractivity (Wildman–Crippen MR) is 145 cm³/mol. The maximum atomic E-state index is 14.0. The number of amides is 1. The summed E-state index contributed by atoms with van der Waals surface area (Å²) in [7, 11) is 1.50. The maximum Gasteiger partial charge on any atom is 0.573 e. The standard InChI is InChI=1S/C28H27ClF3N3O5/c1-17(34-39-12-11-36)20-13-22(15-24(14-20)38-2)33-26(19-3-6-21(29)7-4-19)27(37)35-10-9-18-5-8-23(16-25(18)35)40-28(30,31)32/h3-8,13-16,26,33,36H,9-12H2,1-2H3. The van der Waals surface area contributed by atoms with Gasteiger partial charge < -0.3 is 29.6 Å². The van der Waals surface area contributed by atoms with E-state index in [2.05, 4.69) is 15.2 Å². The Bertz CT molecular complexity index is 1380. The molecule has 1 aliphatic heterocycles. The van der Waals surface area contributed by atoms with E-state index in [1.54, 1.807) is 49.4 Å². The fraction of sp³-hybridized carbons (Fsp3) is 0.286. The van der Waals surface area contributed by atoms with Crippen molar-refractivity contribution in [3.05, 3.63) is 82.4 Å². The molecule has 0 fully saturated rings. The van der Waals surface area contributed by atoms with E-state index in [0.29, 0.717) is 45.4 Å². The summed E-state index contributed by atoms with van der Waals surface area (Å²) >= 11 is 6.09. The van der Waals surface area contributed by atoms with Crippen molar-refractivity contribution >= 4 is 34.6 Å². The number of anilines is 2. The minimum atomic E-state index is -4.86. The Balaban J connectivity index is 1.69. The zero-order valence-corrected chi connectivity index (χ0v) is 22.4. The van der Waals surface area contributed by atoms with Crippen LogP contribution in [0.15, 0.2) is 65.8 Å². The van der Waals surface area contributed by atoms with Gasteiger partial charge >= 0.3 is 6.36 Å². The van der Waals surface area contributed by atoms with Crippen molar-refractivity contribution in [2.24, 2.45) is 5.16 Å². The number of hydrogen-bond donors (Lipinski definition) is 2. The predicted octanol–water partition coefficient (Wildman–Crippen LogP) is 5.72. The molecule has 4 rings (SSSR count). The highest BCUT2D eigenvalue weighted by Gasteiger charge is 2.34. The van der Waals surface area contributed by atoms with Crippen LogP contribution in [-0.4, -0.2) is 50.0 Å². The number of rotatable bonds is 10. The lowest BCUT2D eigenvalue weighted by molar-refractivity contribution is -0.274. The van der Waals surface area contributed by atoms with Crippen LogP contribution in [0.25, 0.3) is 0 Å². The third-order valence-corrected chi connectivity index (χ3v) is 6.41. The van der Waals surface area contributed by atoms with Crippen molar-refractivity contribution in [2.75, 3.05) is 37.1 Å². The number of alkyl halides is 3. The van der Waals surface area contributed by atoms with Crippen LogP contribution in [0.3, 0.4) is 0 Å². The molecule has 8 nitrogen and oxygen atoms in total. The van der Waals surface area contributed by atoms with Crippen molar-refractivity contribution in [2.45, 2.75) is 25.7 Å². The van der Waals surface area contributed by atoms with E-state index in [-0.39, 0.29) is 25.7 Å². The number of methoxy groups -OCH3 is 1. The van der Waals surface area contributed by atoms with E-state index in [1.807, 2.05) is 0 Å². The quantitative estimate of drug-likeness (QED) is 0.182. The molecule has 0 saturated heterocycles. The third kappa shape index (κ3) is 7.16. The topological polar surface area (TPSA) is 92.6 Å². The number of oxime groups is 1. The van der Waals surface area contributed by atoms with E-state index in [9.17, 15) is 18.0 Å². The van der Waals surface area contributed by atoms with E-state index in [0.717, 1.165) is 5.56 Å². The Labute approximate surface area is 233 Å². The van der Waals surface area contributed by atoms with Crippen molar-refractivity contribution < 1.29 is 37.4 Å². The van der Waals surface area contributed by atoms with Crippen LogP contribution in [0.5, 0.6) is 11.5 Å². The number of aliphatic hydroxyl groups is 1. The van der Waals surface area contributed by atoms with Crippen LogP contribution in [-0.2, 0) is 16.1 Å². The van der Waals surface area contributed by atoms with Gasteiger partial charge in [0.2, 0.25) is 0 Å². The number of nitrogens with one attached hydrogen (secondary N) is 1. The molecule has 0 saturated carbocycles. The number of hydrogen-bond acceptors (Lipinski definition) is 7. The first-order valence-electron chi connectivity index (χ1n) is 12.3. The van der Waals surface area contributed by atoms with Crippen LogP contribution in [0.1, 0.15) is 29.7 Å². The van der Waals surface area contributed by atoms with Gasteiger partial charge in [-0.2, -0.15) is 0 Å². The number of nitrogens with zero attached hydrogens (tertiary/aromatic N) is 2. The largest absolute Gasteiger partial charge is 0.573 e. The first-order valence-corrected chi connectivity index (χ1v) is 12.6. The summed E-state index contributed by atoms with van der Waals surface area (Å²) in [6.07, 6.45) is -4.38. The van der Waals surface area contributed by atoms with Crippen molar-refractivity contribution in [3.8, 4) is 11.5 Å². The molecule has 1 aliphatic rings. The van der Waals surface area contributed by atoms with Gasteiger partial charge in [-0.15, -0.1) is 13.2 Å². The molecule has 3 aromatic rings. The number of aliphatic hydroxyl groups excluding tert-OH is 1. The molecule has 12 heteroatoms. The van der Waals surface area contributed by atoms with Gasteiger partial charge in [0.15, 0.2) is 0 Å². The van der Waals surface area contributed by atoms with Gasteiger partial charge in [-0.05, 0) is 54.8 Å². The normalized spacial score (nSPS) is 14.0. The number of carbonyl (C=O) groups is 1. The zero-order valence-electron chi connectivity index (χ0n) is 21.7. The monoisotopic (exact) mass is 577 g/mol. The summed E-state index contributed by atoms with van der Waals surface area (Å²) in [5, 5.41) is 16.7. The van der Waals surface area contributed by atoms with Crippen molar-refractivity contribution in [3.63, 3.8) is 0 Å². The second-order valence-corrected chi connectivity index (χ2v) is 9.33. The van der Waals surface area contributed by atoms with Crippen LogP contribution in [0.2, 0.25) is 5.02 Å². The van der Waals surface area contributed by atoms with Gasteiger partial charge in [0.1, 0.15) is 24.1 Å². The molecule has 1 unspecified atom stereocenters. The first kappa shape index (κ1) is 29.0. The summed E-state index contributed by atoms with van der Waals surface area (Å²) in [4.78, 5) is 20.5. The number of benzene rings is 3. The Morgan fingerprint density at radius 3 is 2.55 bits per heavy atom. The lowest BCUT2D eigenvalue weighted by Crippen LogP contribution is -2.37. The second-order valence-electron chi connectivity index (χ2n) is 8.89. The fourth-order valence-corrected chi connectivity index (χ4v) is 4.42. The molecule has 212 valence electrons. The molecule has 0 aliphatic carbocycles. The summed E-state index contributed by atoms with van der Waals surface area (Å²) in [5.74, 6) is -0.302.